The van der Waals surface area contributed by atoms with Crippen molar-refractivity contribution in [2.45, 2.75) is 30.9 Å². The van der Waals surface area contributed by atoms with Crippen LogP contribution in [0, 0.1) is 6.92 Å². The average molecular weight is 389 g/mol. The van der Waals surface area contributed by atoms with E-state index in [0.29, 0.717) is 11.1 Å². The van der Waals surface area contributed by atoms with Gasteiger partial charge < -0.3 is 15.2 Å². The maximum Gasteiger partial charge on any atom is 0.407 e. The van der Waals surface area contributed by atoms with Gasteiger partial charge in [0.1, 0.15) is 6.61 Å². The van der Waals surface area contributed by atoms with Gasteiger partial charge in [0.05, 0.1) is 22.3 Å². The molecule has 0 aliphatic carbocycles. The summed E-state index contributed by atoms with van der Waals surface area (Å²) in [5.74, 6) is -1.37. The number of aromatic carboxylic acids is 1. The van der Waals surface area contributed by atoms with Crippen molar-refractivity contribution < 1.29 is 27.9 Å². The molecule has 0 spiro atoms. The number of sulfone groups is 1. The van der Waals surface area contributed by atoms with Crippen LogP contribution in [0.5, 0.6) is 0 Å². The number of amides is 1. The molecule has 2 N–H and O–H groups in total. The molecule has 0 saturated carbocycles. The Hall–Kier alpha value is -2.87. The van der Waals surface area contributed by atoms with E-state index >= 15 is 0 Å². The molecular weight excluding hydrogens is 370 g/mol. The topological polar surface area (TPSA) is 110 Å². The summed E-state index contributed by atoms with van der Waals surface area (Å²) in [4.78, 5) is 23.4. The number of carboxylic acids is 1. The summed E-state index contributed by atoms with van der Waals surface area (Å²) in [6.45, 7) is 1.69. The van der Waals surface area contributed by atoms with Gasteiger partial charge in [-0.1, -0.05) is 36.4 Å². The number of hydrogen-bond donors (Lipinski definition) is 2. The average Bonchev–Trinajstić information content (AvgIpc) is 2.62. The molecule has 0 unspecified atom stereocenters. The minimum absolute atomic E-state index is 0.0508. The highest BCUT2D eigenvalue weighted by Crippen LogP contribution is 2.34. The standard InChI is InChI=1S/C19H19NO6S/c1-12-9-15-16(20-19(23)26-11-13-5-3-2-4-6-13)7-8-27(24,25)17(15)10-14(12)18(21)22/h2-6,9-10,16H,7-8,11H2,1H3,(H,20,23)(H,21,22)/t16-/m0/s1. The molecule has 3 rings (SSSR count). The molecule has 0 bridgehead atoms. The van der Waals surface area contributed by atoms with Crippen LogP contribution in [0.2, 0.25) is 0 Å². The number of aryl methyl sites for hydroxylation is 1. The van der Waals surface area contributed by atoms with Crippen molar-refractivity contribution in [2.75, 3.05) is 5.75 Å². The molecule has 0 aromatic heterocycles. The molecule has 27 heavy (non-hydrogen) atoms. The third-order valence-corrected chi connectivity index (χ3v) is 6.27. The van der Waals surface area contributed by atoms with Gasteiger partial charge in [0.25, 0.3) is 0 Å². The van der Waals surface area contributed by atoms with E-state index in [1.54, 1.807) is 6.92 Å². The van der Waals surface area contributed by atoms with E-state index in [0.717, 1.165) is 5.56 Å². The van der Waals surface area contributed by atoms with Crippen LogP contribution in [0.4, 0.5) is 4.79 Å². The smallest absolute Gasteiger partial charge is 0.407 e. The van der Waals surface area contributed by atoms with Gasteiger partial charge in [0, 0.05) is 0 Å². The van der Waals surface area contributed by atoms with Crippen LogP contribution in [-0.2, 0) is 21.2 Å². The van der Waals surface area contributed by atoms with Crippen LogP contribution in [0.15, 0.2) is 47.4 Å². The number of ether oxygens (including phenoxy) is 1. The molecule has 0 fully saturated rings. The van der Waals surface area contributed by atoms with Gasteiger partial charge in [0.15, 0.2) is 9.84 Å². The lowest BCUT2D eigenvalue weighted by molar-refractivity contribution is 0.0695. The van der Waals surface area contributed by atoms with Gasteiger partial charge in [-0.15, -0.1) is 0 Å². The fraction of sp³-hybridized carbons (Fsp3) is 0.263. The van der Waals surface area contributed by atoms with Crippen LogP contribution >= 0.6 is 0 Å². The van der Waals surface area contributed by atoms with Gasteiger partial charge in [0.2, 0.25) is 0 Å². The Morgan fingerprint density at radius 3 is 2.59 bits per heavy atom. The van der Waals surface area contributed by atoms with Gasteiger partial charge in [-0.2, -0.15) is 0 Å². The van der Waals surface area contributed by atoms with E-state index in [1.807, 2.05) is 30.3 Å². The summed E-state index contributed by atoms with van der Waals surface area (Å²) in [6.07, 6.45) is -0.462. The van der Waals surface area contributed by atoms with Crippen molar-refractivity contribution in [1.29, 1.82) is 0 Å². The molecule has 8 heteroatoms. The maximum absolute atomic E-state index is 12.4. The first kappa shape index (κ1) is 18.9. The number of carbonyl (C=O) groups excluding carboxylic acids is 1. The number of rotatable bonds is 4. The Bertz CT molecular complexity index is 985. The van der Waals surface area contributed by atoms with Crippen molar-refractivity contribution in [3.05, 3.63) is 64.7 Å². The van der Waals surface area contributed by atoms with Crippen molar-refractivity contribution in [2.24, 2.45) is 0 Å². The lowest BCUT2D eigenvalue weighted by Crippen LogP contribution is -2.34. The van der Waals surface area contributed by atoms with Crippen LogP contribution in [-0.4, -0.2) is 31.3 Å². The van der Waals surface area contributed by atoms with Crippen molar-refractivity contribution in [3.8, 4) is 0 Å². The predicted octanol–water partition coefficient (Wildman–Crippen LogP) is 2.84. The SMILES string of the molecule is Cc1cc2c(cc1C(=O)O)S(=O)(=O)CC[C@@H]2NC(=O)OCc1ccccc1. The Morgan fingerprint density at radius 2 is 1.93 bits per heavy atom. The number of benzene rings is 2. The summed E-state index contributed by atoms with van der Waals surface area (Å²) in [5.41, 5.74) is 1.59. The summed E-state index contributed by atoms with van der Waals surface area (Å²) in [7, 11) is -3.59. The number of nitrogens with one attached hydrogen (secondary N) is 1. The number of alkyl carbamates (subject to hydrolysis) is 1. The van der Waals surface area contributed by atoms with Crippen molar-refractivity contribution in [1.82, 2.24) is 5.32 Å². The molecule has 1 amide bonds. The van der Waals surface area contributed by atoms with E-state index in [-0.39, 0.29) is 29.2 Å². The summed E-state index contributed by atoms with van der Waals surface area (Å²) < 4.78 is 29.9. The maximum atomic E-state index is 12.4. The first-order valence-electron chi connectivity index (χ1n) is 8.36. The molecule has 142 valence electrons. The molecule has 1 heterocycles. The van der Waals surface area contributed by atoms with E-state index in [4.69, 9.17) is 4.74 Å². The molecule has 2 aromatic rings. The zero-order valence-corrected chi connectivity index (χ0v) is 15.5. The molecule has 2 aromatic carbocycles. The molecule has 0 saturated heterocycles. The van der Waals surface area contributed by atoms with E-state index in [1.165, 1.54) is 12.1 Å². The second-order valence-electron chi connectivity index (χ2n) is 6.38. The molecule has 1 aliphatic heterocycles. The molecule has 7 nitrogen and oxygen atoms in total. The van der Waals surface area contributed by atoms with Crippen LogP contribution in [0.25, 0.3) is 0 Å². The normalized spacial score (nSPS) is 17.6. The summed E-state index contributed by atoms with van der Waals surface area (Å²) in [5, 5.41) is 11.9. The molecule has 1 aliphatic rings. The fourth-order valence-corrected chi connectivity index (χ4v) is 4.70. The van der Waals surface area contributed by atoms with Gasteiger partial charge >= 0.3 is 12.1 Å². The highest BCUT2D eigenvalue weighted by Gasteiger charge is 2.33. The fourth-order valence-electron chi connectivity index (χ4n) is 3.08. The van der Waals surface area contributed by atoms with Gasteiger partial charge in [-0.3, -0.25) is 0 Å². The number of carboxylic acid groups (broad SMARTS) is 1. The second kappa shape index (κ2) is 7.40. The third-order valence-electron chi connectivity index (χ3n) is 4.48. The zero-order valence-electron chi connectivity index (χ0n) is 14.6. The lowest BCUT2D eigenvalue weighted by atomic mass is 9.98. The molecule has 0 radical (unpaired) electrons. The molecular formula is C19H19NO6S. The highest BCUT2D eigenvalue weighted by atomic mass is 32.2. The molecule has 1 atom stereocenters. The number of fused-ring (bicyclic) bond motifs is 1. The predicted molar refractivity (Wildman–Crippen MR) is 97.3 cm³/mol. The highest BCUT2D eigenvalue weighted by molar-refractivity contribution is 7.91. The minimum Gasteiger partial charge on any atom is -0.478 e. The third kappa shape index (κ3) is 4.11. The van der Waals surface area contributed by atoms with Crippen LogP contribution in [0.3, 0.4) is 0 Å². The Balaban J connectivity index is 1.81. The Morgan fingerprint density at radius 1 is 1.22 bits per heavy atom. The second-order valence-corrected chi connectivity index (χ2v) is 8.45. The number of carbonyl (C=O) groups is 2. The van der Waals surface area contributed by atoms with Crippen LogP contribution in [0.1, 0.15) is 39.5 Å². The minimum atomic E-state index is -3.59. The first-order valence-corrected chi connectivity index (χ1v) is 10.0. The van der Waals surface area contributed by atoms with Crippen molar-refractivity contribution >= 4 is 21.9 Å². The Labute approximate surface area is 156 Å². The summed E-state index contributed by atoms with van der Waals surface area (Å²) in [6, 6.07) is 11.3. The van der Waals surface area contributed by atoms with Crippen LogP contribution < -0.4 is 5.32 Å². The Kier molecular flexibility index (Phi) is 5.18. The lowest BCUT2D eigenvalue weighted by Gasteiger charge is -2.27. The summed E-state index contributed by atoms with van der Waals surface area (Å²) >= 11 is 0. The number of hydrogen-bond acceptors (Lipinski definition) is 5. The van der Waals surface area contributed by atoms with Gasteiger partial charge in [-0.25, -0.2) is 18.0 Å². The van der Waals surface area contributed by atoms with E-state index < -0.39 is 27.9 Å². The van der Waals surface area contributed by atoms with Crippen molar-refractivity contribution in [3.63, 3.8) is 0 Å². The zero-order chi connectivity index (χ0) is 19.6. The van der Waals surface area contributed by atoms with E-state index in [2.05, 4.69) is 5.32 Å². The quantitative estimate of drug-likeness (QED) is 0.832. The monoisotopic (exact) mass is 389 g/mol. The van der Waals surface area contributed by atoms with E-state index in [9.17, 15) is 23.1 Å². The van der Waals surface area contributed by atoms with Gasteiger partial charge in [-0.05, 0) is 36.1 Å². The largest absolute Gasteiger partial charge is 0.478 e. The first-order chi connectivity index (χ1) is 12.8.